The summed E-state index contributed by atoms with van der Waals surface area (Å²) in [6.45, 7) is 10.1. The smallest absolute Gasteiger partial charge is 0.119 e. The highest BCUT2D eigenvalue weighted by molar-refractivity contribution is 7.09. The van der Waals surface area contributed by atoms with Gasteiger partial charge in [0, 0.05) is 17.4 Å². The minimum Gasteiger partial charge on any atom is -0.374 e. The Labute approximate surface area is 90.3 Å². The van der Waals surface area contributed by atoms with E-state index in [1.54, 1.807) is 11.3 Å². The third-order valence-corrected chi connectivity index (χ3v) is 2.72. The summed E-state index contributed by atoms with van der Waals surface area (Å²) in [5.41, 5.74) is 1.32. The molecule has 0 saturated carbocycles. The summed E-state index contributed by atoms with van der Waals surface area (Å²) in [5, 5.41) is 3.22. The van der Waals surface area contributed by atoms with Gasteiger partial charge in [-0.15, -0.1) is 11.3 Å². The number of hydrogen-bond donors (Lipinski definition) is 0. The maximum absolute atomic E-state index is 5.44. The Morgan fingerprint density at radius 1 is 1.43 bits per heavy atom. The van der Waals surface area contributed by atoms with Gasteiger partial charge in [0.25, 0.3) is 0 Å². The Morgan fingerprint density at radius 3 is 2.64 bits per heavy atom. The van der Waals surface area contributed by atoms with Gasteiger partial charge in [0.1, 0.15) is 5.01 Å². The predicted octanol–water partition coefficient (Wildman–Crippen LogP) is 3.37. The Hall–Kier alpha value is -0.410. The van der Waals surface area contributed by atoms with Crippen molar-refractivity contribution in [2.45, 2.75) is 46.1 Å². The van der Waals surface area contributed by atoms with E-state index in [1.807, 2.05) is 0 Å². The maximum Gasteiger partial charge on any atom is 0.119 e. The van der Waals surface area contributed by atoms with Crippen molar-refractivity contribution in [3.8, 4) is 0 Å². The lowest BCUT2D eigenvalue weighted by atomic mass is 9.93. The van der Waals surface area contributed by atoms with Crippen LogP contribution in [0.15, 0.2) is 5.38 Å². The molecule has 1 aromatic rings. The van der Waals surface area contributed by atoms with Gasteiger partial charge in [-0.1, -0.05) is 27.7 Å². The van der Waals surface area contributed by atoms with Gasteiger partial charge in [0.05, 0.1) is 12.3 Å². The Morgan fingerprint density at radius 2 is 2.14 bits per heavy atom. The van der Waals surface area contributed by atoms with Gasteiger partial charge < -0.3 is 4.74 Å². The molecule has 0 saturated heterocycles. The average Bonchev–Trinajstić information content (AvgIpc) is 2.52. The van der Waals surface area contributed by atoms with Gasteiger partial charge in [-0.05, 0) is 6.42 Å². The molecule has 0 aliphatic rings. The quantitative estimate of drug-likeness (QED) is 0.715. The van der Waals surface area contributed by atoms with Crippen LogP contribution in [0.4, 0.5) is 0 Å². The topological polar surface area (TPSA) is 22.1 Å². The van der Waals surface area contributed by atoms with E-state index in [0.717, 1.165) is 23.7 Å². The molecule has 1 rings (SSSR count). The molecule has 0 aliphatic heterocycles. The van der Waals surface area contributed by atoms with Crippen LogP contribution < -0.4 is 0 Å². The Bertz CT molecular complexity index is 275. The molecule has 1 aromatic heterocycles. The van der Waals surface area contributed by atoms with Gasteiger partial charge >= 0.3 is 0 Å². The summed E-state index contributed by atoms with van der Waals surface area (Å²) in [7, 11) is 0. The molecule has 3 heteroatoms. The second-order valence-corrected chi connectivity index (χ2v) is 5.37. The van der Waals surface area contributed by atoms with Crippen LogP contribution in [-0.4, -0.2) is 11.6 Å². The van der Waals surface area contributed by atoms with Crippen LogP contribution >= 0.6 is 11.3 Å². The van der Waals surface area contributed by atoms with E-state index in [-0.39, 0.29) is 5.41 Å². The van der Waals surface area contributed by atoms with Crippen LogP contribution in [0.25, 0.3) is 0 Å². The fraction of sp³-hybridized carbons (Fsp3) is 0.727. The van der Waals surface area contributed by atoms with Crippen LogP contribution in [0.5, 0.6) is 0 Å². The van der Waals surface area contributed by atoms with Crippen molar-refractivity contribution in [1.29, 1.82) is 0 Å². The van der Waals surface area contributed by atoms with E-state index < -0.39 is 0 Å². The fourth-order valence-electron chi connectivity index (χ4n) is 1.03. The number of aromatic nitrogens is 1. The van der Waals surface area contributed by atoms with Crippen LogP contribution in [-0.2, 0) is 16.8 Å². The van der Waals surface area contributed by atoms with Crippen molar-refractivity contribution >= 4 is 11.3 Å². The number of rotatable bonds is 4. The molecule has 0 amide bonds. The second kappa shape index (κ2) is 4.89. The van der Waals surface area contributed by atoms with E-state index >= 15 is 0 Å². The van der Waals surface area contributed by atoms with Gasteiger partial charge in [0.2, 0.25) is 0 Å². The minimum atomic E-state index is 0.152. The van der Waals surface area contributed by atoms with Crippen LogP contribution in [0, 0.1) is 0 Å². The van der Waals surface area contributed by atoms with Gasteiger partial charge in [-0.2, -0.15) is 0 Å². The summed E-state index contributed by atoms with van der Waals surface area (Å²) < 4.78 is 5.44. The molecule has 0 N–H and O–H groups in total. The van der Waals surface area contributed by atoms with E-state index in [0.29, 0.717) is 6.61 Å². The molecule has 0 bridgehead atoms. The van der Waals surface area contributed by atoms with Crippen LogP contribution in [0.3, 0.4) is 0 Å². The largest absolute Gasteiger partial charge is 0.374 e. The molecule has 0 aliphatic carbocycles. The SMILES string of the molecule is CCCOCc1nc(C(C)(C)C)cs1. The zero-order chi connectivity index (χ0) is 10.6. The van der Waals surface area contributed by atoms with Gasteiger partial charge in [0.15, 0.2) is 0 Å². The van der Waals surface area contributed by atoms with E-state index in [2.05, 4.69) is 38.1 Å². The van der Waals surface area contributed by atoms with E-state index in [4.69, 9.17) is 4.74 Å². The normalized spacial score (nSPS) is 12.0. The highest BCUT2D eigenvalue weighted by Crippen LogP contribution is 2.24. The van der Waals surface area contributed by atoms with E-state index in [1.165, 1.54) is 0 Å². The first-order valence-corrected chi connectivity index (χ1v) is 5.94. The van der Waals surface area contributed by atoms with E-state index in [9.17, 15) is 0 Å². The molecule has 0 unspecified atom stereocenters. The molecule has 0 radical (unpaired) electrons. The highest BCUT2D eigenvalue weighted by Gasteiger charge is 2.17. The predicted molar refractivity (Wildman–Crippen MR) is 60.8 cm³/mol. The molecule has 0 atom stereocenters. The highest BCUT2D eigenvalue weighted by atomic mass is 32.1. The number of thiazole rings is 1. The van der Waals surface area contributed by atoms with Crippen molar-refractivity contribution in [3.05, 3.63) is 16.1 Å². The van der Waals surface area contributed by atoms with Crippen molar-refractivity contribution in [2.24, 2.45) is 0 Å². The molecule has 0 spiro atoms. The lowest BCUT2D eigenvalue weighted by molar-refractivity contribution is 0.121. The molecule has 14 heavy (non-hydrogen) atoms. The molecule has 2 nitrogen and oxygen atoms in total. The van der Waals surface area contributed by atoms with Crippen molar-refractivity contribution in [2.75, 3.05) is 6.61 Å². The van der Waals surface area contributed by atoms with Gasteiger partial charge in [-0.3, -0.25) is 0 Å². The maximum atomic E-state index is 5.44. The number of ether oxygens (including phenoxy) is 1. The second-order valence-electron chi connectivity index (χ2n) is 4.43. The van der Waals surface area contributed by atoms with Crippen molar-refractivity contribution < 1.29 is 4.74 Å². The lowest BCUT2D eigenvalue weighted by Gasteiger charge is -2.14. The first kappa shape index (κ1) is 11.7. The molecular weight excluding hydrogens is 194 g/mol. The van der Waals surface area contributed by atoms with Crippen LogP contribution in [0.2, 0.25) is 0 Å². The molecular formula is C11H19NOS. The molecule has 0 aromatic carbocycles. The molecule has 1 heterocycles. The number of hydrogen-bond acceptors (Lipinski definition) is 3. The Balaban J connectivity index is 2.51. The Kier molecular flexibility index (Phi) is 4.08. The third-order valence-electron chi connectivity index (χ3n) is 1.89. The first-order valence-electron chi connectivity index (χ1n) is 5.06. The number of nitrogens with zero attached hydrogens (tertiary/aromatic N) is 1. The third kappa shape index (κ3) is 3.39. The first-order chi connectivity index (χ1) is 6.54. The molecule has 80 valence electrons. The zero-order valence-corrected chi connectivity index (χ0v) is 10.3. The minimum absolute atomic E-state index is 0.152. The standard InChI is InChI=1S/C11H19NOS/c1-5-6-13-7-10-12-9(8-14-10)11(2,3)4/h8H,5-7H2,1-4H3. The van der Waals surface area contributed by atoms with Crippen molar-refractivity contribution in [1.82, 2.24) is 4.98 Å². The summed E-state index contributed by atoms with van der Waals surface area (Å²) in [5.74, 6) is 0. The summed E-state index contributed by atoms with van der Waals surface area (Å²) in [4.78, 5) is 4.55. The summed E-state index contributed by atoms with van der Waals surface area (Å²) >= 11 is 1.69. The fourth-order valence-corrected chi connectivity index (χ4v) is 1.98. The lowest BCUT2D eigenvalue weighted by Crippen LogP contribution is -2.11. The monoisotopic (exact) mass is 213 g/mol. The van der Waals surface area contributed by atoms with Crippen LogP contribution in [0.1, 0.15) is 44.8 Å². The summed E-state index contributed by atoms with van der Waals surface area (Å²) in [6, 6.07) is 0. The summed E-state index contributed by atoms with van der Waals surface area (Å²) in [6.07, 6.45) is 1.07. The zero-order valence-electron chi connectivity index (χ0n) is 9.46. The average molecular weight is 213 g/mol. The van der Waals surface area contributed by atoms with Crippen molar-refractivity contribution in [3.63, 3.8) is 0 Å². The van der Waals surface area contributed by atoms with Gasteiger partial charge in [-0.25, -0.2) is 4.98 Å². The molecule has 0 fully saturated rings.